The van der Waals surface area contributed by atoms with Crippen LogP contribution < -0.4 is 0 Å². The highest BCUT2D eigenvalue weighted by Gasteiger charge is 2.34. The molecule has 6 nitrogen and oxygen atoms in total. The number of amides is 2. The van der Waals surface area contributed by atoms with Crippen molar-refractivity contribution in [2.24, 2.45) is 10.2 Å². The second-order valence-electron chi connectivity index (χ2n) is 5.61. The summed E-state index contributed by atoms with van der Waals surface area (Å²) in [5.41, 5.74) is 2.34. The predicted molar refractivity (Wildman–Crippen MR) is 103 cm³/mol. The molecule has 1 aliphatic heterocycles. The number of nitrogens with zero attached hydrogens (tertiary/aromatic N) is 3. The van der Waals surface area contributed by atoms with Crippen LogP contribution in [0.3, 0.4) is 0 Å². The molecule has 2 amide bonds. The van der Waals surface area contributed by atoms with E-state index in [2.05, 4.69) is 15.2 Å². The fraction of sp³-hybridized carbons (Fsp3) is 0.0526. The van der Waals surface area contributed by atoms with E-state index in [4.69, 9.17) is 0 Å². The Bertz CT molecular complexity index is 1040. The van der Waals surface area contributed by atoms with Crippen molar-refractivity contribution in [1.82, 2.24) is 9.88 Å². The number of hydrogen-bond donors (Lipinski definition) is 1. The molecule has 128 valence electrons. The van der Waals surface area contributed by atoms with Crippen LogP contribution >= 0.6 is 11.8 Å². The van der Waals surface area contributed by atoms with Gasteiger partial charge in [-0.2, -0.15) is 5.10 Å². The number of carbonyl (C=O) groups is 2. The molecule has 2 heterocycles. The van der Waals surface area contributed by atoms with Crippen LogP contribution in [0, 0.1) is 0 Å². The van der Waals surface area contributed by atoms with E-state index in [-0.39, 0.29) is 17.6 Å². The zero-order valence-corrected chi connectivity index (χ0v) is 14.4. The molecule has 1 aromatic heterocycles. The molecule has 0 unspecified atom stereocenters. The van der Waals surface area contributed by atoms with E-state index in [1.54, 1.807) is 30.5 Å². The van der Waals surface area contributed by atoms with Crippen LogP contribution in [0.1, 0.15) is 15.9 Å². The third-order valence-corrected chi connectivity index (χ3v) is 4.86. The molecule has 0 aliphatic carbocycles. The Labute approximate surface area is 153 Å². The molecular formula is C19H14N4O2S. The second-order valence-corrected chi connectivity index (χ2v) is 6.55. The first-order chi connectivity index (χ1) is 12.7. The monoisotopic (exact) mass is 362 g/mol. The highest BCUT2D eigenvalue weighted by Crippen LogP contribution is 2.22. The van der Waals surface area contributed by atoms with Gasteiger partial charge in [0.25, 0.3) is 5.91 Å². The summed E-state index contributed by atoms with van der Waals surface area (Å²) in [6.07, 6.45) is 3.45. The summed E-state index contributed by atoms with van der Waals surface area (Å²) in [4.78, 5) is 28.9. The lowest BCUT2D eigenvalue weighted by Gasteiger charge is -2.12. The number of aromatic nitrogens is 1. The summed E-state index contributed by atoms with van der Waals surface area (Å²) in [6, 6.07) is 16.5. The van der Waals surface area contributed by atoms with Crippen molar-refractivity contribution in [1.29, 1.82) is 0 Å². The van der Waals surface area contributed by atoms with E-state index in [0.717, 1.165) is 21.4 Å². The normalized spacial score (nSPS) is 16.2. The van der Waals surface area contributed by atoms with E-state index in [0.29, 0.717) is 10.7 Å². The lowest BCUT2D eigenvalue weighted by Crippen LogP contribution is -2.35. The number of fused-ring (bicyclic) bond motifs is 1. The first-order valence-corrected chi connectivity index (χ1v) is 8.95. The van der Waals surface area contributed by atoms with E-state index < -0.39 is 0 Å². The second kappa shape index (κ2) is 6.97. The first-order valence-electron chi connectivity index (χ1n) is 7.96. The average molecular weight is 362 g/mol. The molecule has 1 fully saturated rings. The van der Waals surface area contributed by atoms with Crippen molar-refractivity contribution in [3.8, 4) is 0 Å². The van der Waals surface area contributed by atoms with Gasteiger partial charge >= 0.3 is 0 Å². The largest absolute Gasteiger partial charge is 0.361 e. The van der Waals surface area contributed by atoms with Crippen LogP contribution in [0.5, 0.6) is 0 Å². The third-order valence-electron chi connectivity index (χ3n) is 3.95. The number of aromatic amines is 1. The minimum Gasteiger partial charge on any atom is -0.361 e. The molecule has 1 aliphatic rings. The minimum absolute atomic E-state index is 0.181. The topological polar surface area (TPSA) is 77.9 Å². The van der Waals surface area contributed by atoms with Gasteiger partial charge in [0.2, 0.25) is 5.91 Å². The highest BCUT2D eigenvalue weighted by atomic mass is 32.2. The summed E-state index contributed by atoms with van der Waals surface area (Å²) in [7, 11) is 0. The lowest BCUT2D eigenvalue weighted by atomic mass is 10.2. The summed E-state index contributed by atoms with van der Waals surface area (Å²) < 4.78 is 0. The van der Waals surface area contributed by atoms with Crippen LogP contribution in [0.4, 0.5) is 0 Å². The summed E-state index contributed by atoms with van der Waals surface area (Å²) in [5, 5.41) is 9.51. The van der Waals surface area contributed by atoms with Crippen molar-refractivity contribution in [2.75, 3.05) is 5.75 Å². The molecule has 1 N–H and O–H groups in total. The molecule has 3 aromatic rings. The predicted octanol–water partition coefficient (Wildman–Crippen LogP) is 3.27. The number of para-hydroxylation sites is 1. The van der Waals surface area contributed by atoms with Crippen molar-refractivity contribution in [3.63, 3.8) is 0 Å². The van der Waals surface area contributed by atoms with Crippen LogP contribution in [-0.2, 0) is 4.79 Å². The van der Waals surface area contributed by atoms with Crippen LogP contribution in [0.25, 0.3) is 10.9 Å². The Morgan fingerprint density at radius 2 is 1.88 bits per heavy atom. The smallest absolute Gasteiger partial charge is 0.266 e. The van der Waals surface area contributed by atoms with E-state index in [9.17, 15) is 9.59 Å². The van der Waals surface area contributed by atoms with E-state index >= 15 is 0 Å². The third kappa shape index (κ3) is 3.04. The van der Waals surface area contributed by atoms with Crippen LogP contribution in [-0.4, -0.2) is 38.8 Å². The van der Waals surface area contributed by atoms with Gasteiger partial charge in [-0.3, -0.25) is 9.59 Å². The van der Waals surface area contributed by atoms with Crippen molar-refractivity contribution in [3.05, 3.63) is 71.9 Å². The maximum absolute atomic E-state index is 12.6. The minimum atomic E-state index is -0.387. The number of benzene rings is 2. The Morgan fingerprint density at radius 1 is 1.12 bits per heavy atom. The number of imide groups is 1. The molecule has 0 saturated carbocycles. The molecule has 2 aromatic carbocycles. The highest BCUT2D eigenvalue weighted by molar-refractivity contribution is 8.15. The fourth-order valence-corrected chi connectivity index (χ4v) is 3.49. The van der Waals surface area contributed by atoms with Gasteiger partial charge in [-0.05, 0) is 18.2 Å². The first kappa shape index (κ1) is 16.3. The molecule has 0 bridgehead atoms. The number of amidine groups is 1. The maximum Gasteiger partial charge on any atom is 0.266 e. The SMILES string of the molecule is O=C1CS/C(=N/N=C\c2c[nH]c3ccccc23)N1C(=O)c1ccccc1. The average Bonchev–Trinajstić information content (AvgIpc) is 3.26. The molecule has 4 rings (SSSR count). The standard InChI is InChI=1S/C19H14N4O2S/c24-17-12-26-19(23(17)18(25)13-6-2-1-3-7-13)22-21-11-14-10-20-16-9-5-4-8-15(14)16/h1-11,20H,12H2/b21-11-,22-19+. The van der Waals surface area contributed by atoms with Crippen molar-refractivity contribution < 1.29 is 9.59 Å². The van der Waals surface area contributed by atoms with Gasteiger partial charge in [-0.25, -0.2) is 4.90 Å². The Kier molecular flexibility index (Phi) is 4.37. The number of H-pyrrole nitrogens is 1. The Hall–Kier alpha value is -3.19. The summed E-state index contributed by atoms with van der Waals surface area (Å²) in [6.45, 7) is 0. The fourth-order valence-electron chi connectivity index (χ4n) is 2.69. The van der Waals surface area contributed by atoms with Gasteiger partial charge in [0, 0.05) is 28.2 Å². The quantitative estimate of drug-likeness (QED) is 0.441. The van der Waals surface area contributed by atoms with Crippen molar-refractivity contribution >= 4 is 45.9 Å². The Morgan fingerprint density at radius 3 is 2.73 bits per heavy atom. The molecule has 0 spiro atoms. The van der Waals surface area contributed by atoms with Crippen LogP contribution in [0.2, 0.25) is 0 Å². The molecule has 7 heteroatoms. The van der Waals surface area contributed by atoms with Crippen molar-refractivity contribution in [2.45, 2.75) is 0 Å². The maximum atomic E-state index is 12.6. The summed E-state index contributed by atoms with van der Waals surface area (Å²) in [5.74, 6) is -0.494. The van der Waals surface area contributed by atoms with Gasteiger partial charge in [0.05, 0.1) is 12.0 Å². The molecular weight excluding hydrogens is 348 g/mol. The molecule has 26 heavy (non-hydrogen) atoms. The number of rotatable bonds is 3. The molecule has 1 saturated heterocycles. The van der Waals surface area contributed by atoms with E-state index in [1.165, 1.54) is 11.8 Å². The Balaban J connectivity index is 1.59. The lowest BCUT2D eigenvalue weighted by molar-refractivity contribution is -0.122. The zero-order chi connectivity index (χ0) is 17.9. The molecule has 0 radical (unpaired) electrons. The summed E-state index contributed by atoms with van der Waals surface area (Å²) >= 11 is 1.21. The van der Waals surface area contributed by atoms with Gasteiger partial charge < -0.3 is 4.98 Å². The van der Waals surface area contributed by atoms with Gasteiger partial charge in [0.1, 0.15) is 0 Å². The van der Waals surface area contributed by atoms with Gasteiger partial charge in [-0.1, -0.05) is 48.2 Å². The number of carbonyl (C=O) groups excluding carboxylic acids is 2. The number of hydrogen-bond acceptors (Lipinski definition) is 5. The van der Waals surface area contributed by atoms with Crippen LogP contribution in [0.15, 0.2) is 71.0 Å². The number of nitrogens with one attached hydrogen (secondary N) is 1. The molecule has 0 atom stereocenters. The zero-order valence-electron chi connectivity index (χ0n) is 13.6. The van der Waals surface area contributed by atoms with E-state index in [1.807, 2.05) is 36.5 Å². The van der Waals surface area contributed by atoms with Gasteiger partial charge in [-0.15, -0.1) is 5.10 Å². The van der Waals surface area contributed by atoms with Gasteiger partial charge in [0.15, 0.2) is 5.17 Å². The number of thioether (sulfide) groups is 1.